The predicted molar refractivity (Wildman–Crippen MR) is 86.1 cm³/mol. The second-order valence-electron chi connectivity index (χ2n) is 5.48. The van der Waals surface area contributed by atoms with Gasteiger partial charge in [-0.1, -0.05) is 28.1 Å². The van der Waals surface area contributed by atoms with Crippen molar-refractivity contribution in [2.75, 3.05) is 12.8 Å². The number of hydrogen-bond acceptors (Lipinski definition) is 4. The molecule has 6 nitrogen and oxygen atoms in total. The Kier molecular flexibility index (Phi) is 5.75. The van der Waals surface area contributed by atoms with Crippen LogP contribution >= 0.6 is 15.9 Å². The molecule has 122 valence electrons. The number of carbonyl (C=O) groups excluding carboxylic acids is 1. The minimum Gasteiger partial charge on any atom is -0.480 e. The first-order valence-corrected chi connectivity index (χ1v) is 9.02. The van der Waals surface area contributed by atoms with Crippen LogP contribution in [-0.4, -0.2) is 48.6 Å². The van der Waals surface area contributed by atoms with Gasteiger partial charge >= 0.3 is 5.97 Å². The van der Waals surface area contributed by atoms with Crippen LogP contribution in [0.15, 0.2) is 28.7 Å². The van der Waals surface area contributed by atoms with E-state index in [1.807, 2.05) is 0 Å². The Morgan fingerprint density at radius 2 is 1.91 bits per heavy atom. The molecule has 0 aliphatic heterocycles. The minimum atomic E-state index is -3.69. The van der Waals surface area contributed by atoms with E-state index < -0.39 is 33.0 Å². The van der Waals surface area contributed by atoms with Gasteiger partial charge in [0.15, 0.2) is 9.84 Å². The summed E-state index contributed by atoms with van der Waals surface area (Å²) in [4.78, 5) is 24.1. The lowest BCUT2D eigenvalue weighted by Crippen LogP contribution is -2.52. The lowest BCUT2D eigenvalue weighted by Gasteiger charge is -2.31. The summed E-state index contributed by atoms with van der Waals surface area (Å²) in [7, 11) is -2.40. The third-order valence-electron chi connectivity index (χ3n) is 3.35. The zero-order valence-corrected chi connectivity index (χ0v) is 14.9. The van der Waals surface area contributed by atoms with Crippen molar-refractivity contribution < 1.29 is 23.1 Å². The number of benzene rings is 1. The standard InChI is InChI=1S/C14H18BrNO5S/c1-14(2,13(18)19)16(3)12(17)9-22(20,21)8-10-5-4-6-11(15)7-10/h4-7H,8-9H2,1-3H3,(H,18,19). The van der Waals surface area contributed by atoms with Crippen LogP contribution in [0.4, 0.5) is 0 Å². The van der Waals surface area contributed by atoms with Crippen LogP contribution in [0, 0.1) is 0 Å². The summed E-state index contributed by atoms with van der Waals surface area (Å²) >= 11 is 3.25. The summed E-state index contributed by atoms with van der Waals surface area (Å²) in [5, 5.41) is 9.08. The van der Waals surface area contributed by atoms with E-state index in [-0.39, 0.29) is 5.75 Å². The molecule has 1 aromatic rings. The molecule has 1 rings (SSSR count). The van der Waals surface area contributed by atoms with Gasteiger partial charge in [-0.3, -0.25) is 4.79 Å². The molecule has 0 fully saturated rings. The van der Waals surface area contributed by atoms with Gasteiger partial charge in [-0.05, 0) is 31.5 Å². The van der Waals surface area contributed by atoms with Gasteiger partial charge in [0.25, 0.3) is 0 Å². The maximum atomic E-state index is 12.1. The Hall–Kier alpha value is -1.41. The number of aliphatic carboxylic acids is 1. The number of hydrogen-bond donors (Lipinski definition) is 1. The highest BCUT2D eigenvalue weighted by Crippen LogP contribution is 2.16. The maximum Gasteiger partial charge on any atom is 0.329 e. The predicted octanol–water partition coefficient (Wildman–Crippen LogP) is 1.69. The van der Waals surface area contributed by atoms with Crippen molar-refractivity contribution in [1.82, 2.24) is 4.90 Å². The lowest BCUT2D eigenvalue weighted by molar-refractivity contribution is -0.154. The van der Waals surface area contributed by atoms with Crippen molar-refractivity contribution in [3.63, 3.8) is 0 Å². The van der Waals surface area contributed by atoms with Crippen LogP contribution in [0.25, 0.3) is 0 Å². The molecule has 0 heterocycles. The molecule has 0 aromatic heterocycles. The van der Waals surface area contributed by atoms with Gasteiger partial charge in [-0.2, -0.15) is 0 Å². The van der Waals surface area contributed by atoms with E-state index in [9.17, 15) is 18.0 Å². The van der Waals surface area contributed by atoms with E-state index in [2.05, 4.69) is 15.9 Å². The van der Waals surface area contributed by atoms with Gasteiger partial charge in [0.05, 0.1) is 5.75 Å². The fourth-order valence-electron chi connectivity index (χ4n) is 1.67. The van der Waals surface area contributed by atoms with E-state index in [4.69, 9.17) is 5.11 Å². The Morgan fingerprint density at radius 1 is 1.32 bits per heavy atom. The van der Waals surface area contributed by atoms with Crippen molar-refractivity contribution in [3.05, 3.63) is 34.3 Å². The average Bonchev–Trinajstić information content (AvgIpc) is 2.36. The molecule has 22 heavy (non-hydrogen) atoms. The summed E-state index contributed by atoms with van der Waals surface area (Å²) in [5.74, 6) is -2.96. The Bertz CT molecular complexity index is 684. The van der Waals surface area contributed by atoms with Gasteiger partial charge in [-0.15, -0.1) is 0 Å². The molecule has 1 N–H and O–H groups in total. The smallest absolute Gasteiger partial charge is 0.329 e. The van der Waals surface area contributed by atoms with Gasteiger partial charge in [0, 0.05) is 11.5 Å². The number of nitrogens with zero attached hydrogens (tertiary/aromatic N) is 1. The highest BCUT2D eigenvalue weighted by molar-refractivity contribution is 9.10. The summed E-state index contributed by atoms with van der Waals surface area (Å²) in [6, 6.07) is 6.78. The van der Waals surface area contributed by atoms with Crippen molar-refractivity contribution >= 4 is 37.6 Å². The van der Waals surface area contributed by atoms with E-state index in [0.29, 0.717) is 5.56 Å². The first kappa shape index (κ1) is 18.6. The molecule has 1 amide bonds. The molecule has 1 aromatic carbocycles. The van der Waals surface area contributed by atoms with Crippen LogP contribution in [0.3, 0.4) is 0 Å². The molecule has 0 aliphatic carbocycles. The number of carboxylic acid groups (broad SMARTS) is 1. The van der Waals surface area contributed by atoms with Gasteiger partial charge in [-0.25, -0.2) is 13.2 Å². The highest BCUT2D eigenvalue weighted by atomic mass is 79.9. The second kappa shape index (κ2) is 6.78. The summed E-state index contributed by atoms with van der Waals surface area (Å²) in [6.45, 7) is 2.68. The second-order valence-corrected chi connectivity index (χ2v) is 8.46. The molecule has 0 radical (unpaired) electrons. The largest absolute Gasteiger partial charge is 0.480 e. The molecule has 0 spiro atoms. The molecule has 8 heteroatoms. The molecular weight excluding hydrogens is 374 g/mol. The summed E-state index contributed by atoms with van der Waals surface area (Å²) in [5.41, 5.74) is -0.912. The molecular formula is C14H18BrNO5S. The number of carbonyl (C=O) groups is 2. The van der Waals surface area contributed by atoms with Gasteiger partial charge < -0.3 is 10.0 Å². The van der Waals surface area contributed by atoms with Crippen LogP contribution in [0.5, 0.6) is 0 Å². The highest BCUT2D eigenvalue weighted by Gasteiger charge is 2.36. The fraction of sp³-hybridized carbons (Fsp3) is 0.429. The lowest BCUT2D eigenvalue weighted by atomic mass is 10.0. The van der Waals surface area contributed by atoms with Crippen molar-refractivity contribution in [2.45, 2.75) is 25.1 Å². The van der Waals surface area contributed by atoms with E-state index in [1.54, 1.807) is 24.3 Å². The van der Waals surface area contributed by atoms with Crippen LogP contribution < -0.4 is 0 Å². The Labute approximate surface area is 138 Å². The maximum absolute atomic E-state index is 12.1. The minimum absolute atomic E-state index is 0.278. The zero-order valence-electron chi connectivity index (χ0n) is 12.5. The molecule has 0 saturated carbocycles. The third kappa shape index (κ3) is 4.81. The summed E-state index contributed by atoms with van der Waals surface area (Å²) in [6.07, 6.45) is 0. The quantitative estimate of drug-likeness (QED) is 0.796. The van der Waals surface area contributed by atoms with Crippen LogP contribution in [-0.2, 0) is 25.2 Å². The third-order valence-corrected chi connectivity index (χ3v) is 5.31. The molecule has 0 saturated heterocycles. The normalized spacial score (nSPS) is 12.0. The number of carboxylic acids is 1. The van der Waals surface area contributed by atoms with E-state index >= 15 is 0 Å². The van der Waals surface area contributed by atoms with E-state index in [0.717, 1.165) is 9.37 Å². The number of rotatable bonds is 6. The van der Waals surface area contributed by atoms with Crippen LogP contribution in [0.2, 0.25) is 0 Å². The average molecular weight is 392 g/mol. The molecule has 0 aliphatic rings. The molecule has 0 bridgehead atoms. The zero-order chi connectivity index (χ0) is 17.1. The molecule has 0 unspecified atom stereocenters. The van der Waals surface area contributed by atoms with Gasteiger partial charge in [0.1, 0.15) is 11.3 Å². The topological polar surface area (TPSA) is 91.8 Å². The summed E-state index contributed by atoms with van der Waals surface area (Å²) < 4.78 is 25.0. The number of amides is 1. The number of halogens is 1. The van der Waals surface area contributed by atoms with Crippen molar-refractivity contribution in [3.8, 4) is 0 Å². The fourth-order valence-corrected chi connectivity index (χ4v) is 3.48. The number of likely N-dealkylation sites (N-methyl/N-ethyl adjacent to an activating group) is 1. The van der Waals surface area contributed by atoms with Crippen molar-refractivity contribution in [1.29, 1.82) is 0 Å². The van der Waals surface area contributed by atoms with Crippen LogP contribution in [0.1, 0.15) is 19.4 Å². The Balaban J connectivity index is 2.84. The SMILES string of the molecule is CN(C(=O)CS(=O)(=O)Cc1cccc(Br)c1)C(C)(C)C(=O)O. The molecule has 0 atom stereocenters. The van der Waals surface area contributed by atoms with Gasteiger partial charge in [0.2, 0.25) is 5.91 Å². The monoisotopic (exact) mass is 391 g/mol. The van der Waals surface area contributed by atoms with E-state index in [1.165, 1.54) is 20.9 Å². The number of sulfone groups is 1. The first-order chi connectivity index (χ1) is 9.95. The first-order valence-electron chi connectivity index (χ1n) is 6.40. The Morgan fingerprint density at radius 3 is 2.41 bits per heavy atom. The van der Waals surface area contributed by atoms with Crippen molar-refractivity contribution in [2.24, 2.45) is 0 Å².